The highest BCUT2D eigenvalue weighted by Gasteiger charge is 2.17. The minimum atomic E-state index is 0.256. The third-order valence-electron chi connectivity index (χ3n) is 4.74. The molecule has 7 heteroatoms. The van der Waals surface area contributed by atoms with Gasteiger partial charge in [0, 0.05) is 55.1 Å². The molecule has 1 aliphatic heterocycles. The van der Waals surface area contributed by atoms with Gasteiger partial charge in [0.25, 0.3) is 0 Å². The topological polar surface area (TPSA) is 61.8 Å². The lowest BCUT2D eigenvalue weighted by molar-refractivity contribution is 0.0529. The number of rotatable bonds is 6. The quantitative estimate of drug-likeness (QED) is 0.576. The predicted molar refractivity (Wildman–Crippen MR) is 117 cm³/mol. The number of nitrogens with one attached hydrogen (secondary N) is 2. The van der Waals surface area contributed by atoms with Crippen molar-refractivity contribution in [2.75, 3.05) is 31.6 Å². The van der Waals surface area contributed by atoms with Gasteiger partial charge in [-0.15, -0.1) is 11.3 Å². The molecule has 2 N–H and O–H groups in total. The molecule has 0 radical (unpaired) electrons. The number of hydrogen-bond donors (Lipinski definition) is 2. The fraction of sp³-hybridized carbons (Fsp3) is 0.524. The van der Waals surface area contributed by atoms with Gasteiger partial charge in [0.1, 0.15) is 5.82 Å². The second-order valence-electron chi connectivity index (χ2n) is 7.34. The maximum absolute atomic E-state index is 5.60. The molecule has 0 spiro atoms. The average molecular weight is 402 g/mol. The Morgan fingerprint density at radius 1 is 1.39 bits per heavy atom. The summed E-state index contributed by atoms with van der Waals surface area (Å²) < 4.78 is 5.60. The fourth-order valence-corrected chi connectivity index (χ4v) is 4.32. The Bertz CT molecular complexity index is 773. The van der Waals surface area contributed by atoms with E-state index >= 15 is 0 Å². The highest BCUT2D eigenvalue weighted by atomic mass is 32.1. The van der Waals surface area contributed by atoms with Crippen LogP contribution in [-0.4, -0.2) is 49.8 Å². The molecule has 0 aromatic carbocycles. The first-order valence-corrected chi connectivity index (χ1v) is 10.7. The molecule has 0 amide bonds. The zero-order valence-electron chi connectivity index (χ0n) is 17.2. The molecule has 2 aromatic rings. The van der Waals surface area contributed by atoms with Gasteiger partial charge < -0.3 is 20.3 Å². The van der Waals surface area contributed by atoms with Gasteiger partial charge in [-0.1, -0.05) is 6.07 Å². The summed E-state index contributed by atoms with van der Waals surface area (Å²) in [7, 11) is 1.80. The molecule has 152 valence electrons. The van der Waals surface area contributed by atoms with Crippen LogP contribution in [0.3, 0.4) is 0 Å². The Labute approximate surface area is 172 Å². The lowest BCUT2D eigenvalue weighted by atomic mass is 10.2. The van der Waals surface area contributed by atoms with E-state index in [9.17, 15) is 0 Å². The van der Waals surface area contributed by atoms with Crippen LogP contribution < -0.4 is 15.5 Å². The molecule has 1 aliphatic rings. The Morgan fingerprint density at radius 2 is 2.25 bits per heavy atom. The highest BCUT2D eigenvalue weighted by molar-refractivity contribution is 7.11. The monoisotopic (exact) mass is 401 g/mol. The number of aryl methyl sites for hydroxylation is 1. The van der Waals surface area contributed by atoms with Crippen molar-refractivity contribution < 1.29 is 4.74 Å². The molecule has 2 atom stereocenters. The van der Waals surface area contributed by atoms with Crippen LogP contribution in [0.2, 0.25) is 0 Å². The molecule has 6 nitrogen and oxygen atoms in total. The van der Waals surface area contributed by atoms with E-state index in [4.69, 9.17) is 4.74 Å². The molecular weight excluding hydrogens is 370 g/mol. The van der Waals surface area contributed by atoms with Gasteiger partial charge in [-0.3, -0.25) is 4.99 Å². The summed E-state index contributed by atoms with van der Waals surface area (Å²) in [4.78, 5) is 14.0. The molecule has 2 unspecified atom stereocenters. The van der Waals surface area contributed by atoms with Crippen molar-refractivity contribution in [2.24, 2.45) is 4.99 Å². The number of thiophene rings is 1. The number of aliphatic imine (C=N–C) groups is 1. The first kappa shape index (κ1) is 20.6. The van der Waals surface area contributed by atoms with Crippen molar-refractivity contribution in [3.8, 4) is 0 Å². The van der Waals surface area contributed by atoms with Crippen LogP contribution in [0.5, 0.6) is 0 Å². The summed E-state index contributed by atoms with van der Waals surface area (Å²) in [5.74, 6) is 1.83. The Hall–Kier alpha value is -2.12. The minimum absolute atomic E-state index is 0.256. The minimum Gasteiger partial charge on any atom is -0.375 e. The van der Waals surface area contributed by atoms with E-state index in [2.05, 4.69) is 70.5 Å². The Kier molecular flexibility index (Phi) is 7.28. The number of morpholine rings is 1. The van der Waals surface area contributed by atoms with Gasteiger partial charge in [-0.05, 0) is 44.5 Å². The summed E-state index contributed by atoms with van der Waals surface area (Å²) in [6, 6.07) is 8.91. The summed E-state index contributed by atoms with van der Waals surface area (Å²) >= 11 is 1.85. The summed E-state index contributed by atoms with van der Waals surface area (Å²) in [5, 5.41) is 6.85. The normalized spacial score (nSPS) is 18.8. The van der Waals surface area contributed by atoms with E-state index in [0.717, 1.165) is 43.5 Å². The van der Waals surface area contributed by atoms with Crippen LogP contribution in [0.4, 0.5) is 5.82 Å². The van der Waals surface area contributed by atoms with Gasteiger partial charge in [0.2, 0.25) is 0 Å². The van der Waals surface area contributed by atoms with Crippen molar-refractivity contribution in [3.05, 3.63) is 45.8 Å². The number of anilines is 1. The second-order valence-corrected chi connectivity index (χ2v) is 8.71. The standard InChI is InChI=1S/C21H31N5OS/c1-15(11-19-7-5-17(3)28-19)25-21(22-4)24-13-18-6-8-20(23-12-18)26-9-10-27-16(2)14-26/h5-8,12,15-16H,9-11,13-14H2,1-4H3,(H2,22,24,25). The smallest absolute Gasteiger partial charge is 0.191 e. The molecule has 3 heterocycles. The SMILES string of the molecule is CN=C(NCc1ccc(N2CCOC(C)C2)nc1)NC(C)Cc1ccc(C)s1. The van der Waals surface area contributed by atoms with Crippen molar-refractivity contribution in [1.82, 2.24) is 15.6 Å². The molecular formula is C21H31N5OS. The highest BCUT2D eigenvalue weighted by Crippen LogP contribution is 2.17. The predicted octanol–water partition coefficient (Wildman–Crippen LogP) is 2.97. The van der Waals surface area contributed by atoms with E-state index < -0.39 is 0 Å². The number of nitrogens with zero attached hydrogens (tertiary/aromatic N) is 3. The molecule has 0 saturated carbocycles. The van der Waals surface area contributed by atoms with Crippen LogP contribution >= 0.6 is 11.3 Å². The van der Waals surface area contributed by atoms with Gasteiger partial charge >= 0.3 is 0 Å². The summed E-state index contributed by atoms with van der Waals surface area (Å²) in [5.41, 5.74) is 1.13. The van der Waals surface area contributed by atoms with Gasteiger partial charge in [0.05, 0.1) is 12.7 Å². The molecule has 1 fully saturated rings. The van der Waals surface area contributed by atoms with Gasteiger partial charge in [-0.25, -0.2) is 4.98 Å². The molecule has 3 rings (SSSR count). The van der Waals surface area contributed by atoms with Crippen LogP contribution in [0.1, 0.15) is 29.2 Å². The van der Waals surface area contributed by atoms with E-state index in [0.29, 0.717) is 12.6 Å². The van der Waals surface area contributed by atoms with Crippen LogP contribution in [0.15, 0.2) is 35.5 Å². The number of hydrogen-bond acceptors (Lipinski definition) is 5. The van der Waals surface area contributed by atoms with Crippen LogP contribution in [0.25, 0.3) is 0 Å². The van der Waals surface area contributed by atoms with Gasteiger partial charge in [0.15, 0.2) is 5.96 Å². The van der Waals surface area contributed by atoms with E-state index in [1.165, 1.54) is 9.75 Å². The van der Waals surface area contributed by atoms with Crippen molar-refractivity contribution in [1.29, 1.82) is 0 Å². The lowest BCUT2D eigenvalue weighted by Gasteiger charge is -2.32. The van der Waals surface area contributed by atoms with Crippen LogP contribution in [-0.2, 0) is 17.7 Å². The lowest BCUT2D eigenvalue weighted by Crippen LogP contribution is -2.42. The largest absolute Gasteiger partial charge is 0.375 e. The van der Waals surface area contributed by atoms with Crippen molar-refractivity contribution in [2.45, 2.75) is 45.9 Å². The third-order valence-corrected chi connectivity index (χ3v) is 5.77. The zero-order chi connectivity index (χ0) is 19.9. The number of guanidine groups is 1. The van der Waals surface area contributed by atoms with Gasteiger partial charge in [-0.2, -0.15) is 0 Å². The molecule has 2 aromatic heterocycles. The Balaban J connectivity index is 1.47. The average Bonchev–Trinajstić information content (AvgIpc) is 3.10. The fourth-order valence-electron chi connectivity index (χ4n) is 3.30. The first-order valence-electron chi connectivity index (χ1n) is 9.87. The zero-order valence-corrected chi connectivity index (χ0v) is 18.1. The molecule has 0 bridgehead atoms. The van der Waals surface area contributed by atoms with E-state index in [1.54, 1.807) is 7.05 Å². The van der Waals surface area contributed by atoms with Crippen LogP contribution in [0, 0.1) is 6.92 Å². The third kappa shape index (κ3) is 5.94. The maximum atomic E-state index is 5.60. The van der Waals surface area contributed by atoms with E-state index in [1.807, 2.05) is 17.5 Å². The first-order chi connectivity index (χ1) is 13.5. The molecule has 1 saturated heterocycles. The summed E-state index contributed by atoms with van der Waals surface area (Å²) in [6.07, 6.45) is 3.19. The second kappa shape index (κ2) is 9.89. The molecule has 28 heavy (non-hydrogen) atoms. The number of pyridine rings is 1. The maximum Gasteiger partial charge on any atom is 0.191 e. The van der Waals surface area contributed by atoms with Crippen molar-refractivity contribution >= 4 is 23.1 Å². The van der Waals surface area contributed by atoms with E-state index in [-0.39, 0.29) is 6.10 Å². The summed E-state index contributed by atoms with van der Waals surface area (Å²) in [6.45, 7) is 9.67. The molecule has 0 aliphatic carbocycles. The Morgan fingerprint density at radius 3 is 2.89 bits per heavy atom. The number of ether oxygens (including phenoxy) is 1. The van der Waals surface area contributed by atoms with Crippen molar-refractivity contribution in [3.63, 3.8) is 0 Å². The number of aromatic nitrogens is 1.